The van der Waals surface area contributed by atoms with E-state index in [9.17, 15) is 27.7 Å². The molecule has 1 aromatic heterocycles. The minimum Gasteiger partial charge on any atom is -0.437 e. The molecule has 0 bridgehead atoms. The van der Waals surface area contributed by atoms with Crippen molar-refractivity contribution >= 4 is 21.6 Å². The lowest BCUT2D eigenvalue weighted by molar-refractivity contribution is -0.385. The zero-order chi connectivity index (χ0) is 27.7. The molecule has 206 valence electrons. The average Bonchev–Trinajstić information content (AvgIpc) is 3.58. The predicted molar refractivity (Wildman–Crippen MR) is 136 cm³/mol. The molecule has 0 N–H and O–H groups in total. The molecule has 3 aromatic rings. The topological polar surface area (TPSA) is 137 Å². The summed E-state index contributed by atoms with van der Waals surface area (Å²) in [6.45, 7) is 3.62. The molecular formula is C25H26FN5O7S. The number of nitro groups is 1. The van der Waals surface area contributed by atoms with E-state index in [1.165, 1.54) is 33.3 Å². The van der Waals surface area contributed by atoms with E-state index in [1.54, 1.807) is 17.9 Å². The monoisotopic (exact) mass is 559 g/mol. The number of rotatable bonds is 7. The summed E-state index contributed by atoms with van der Waals surface area (Å²) in [5, 5.41) is 15.9. The highest BCUT2D eigenvalue weighted by Crippen LogP contribution is 2.37. The number of non-ortho nitro benzene ring substituents is 1. The SMILES string of the molecule is Cc1c(C(=O)N2CCOCC2)nn(-c2cccc(F)c2)c1Oc1ccc([N+](=O)[O-])cc1S(=O)(=O)N1CCCC1. The van der Waals surface area contributed by atoms with Gasteiger partial charge in [-0.05, 0) is 44.0 Å². The number of halogens is 1. The first kappa shape index (κ1) is 26.7. The molecule has 39 heavy (non-hydrogen) atoms. The van der Waals surface area contributed by atoms with Crippen LogP contribution in [0.25, 0.3) is 5.69 Å². The van der Waals surface area contributed by atoms with Crippen molar-refractivity contribution in [1.29, 1.82) is 0 Å². The van der Waals surface area contributed by atoms with Gasteiger partial charge in [0.25, 0.3) is 11.6 Å². The number of benzene rings is 2. The van der Waals surface area contributed by atoms with Gasteiger partial charge in [-0.25, -0.2) is 12.8 Å². The predicted octanol–water partition coefficient (Wildman–Crippen LogP) is 3.28. The van der Waals surface area contributed by atoms with Gasteiger partial charge in [-0.2, -0.15) is 14.1 Å². The highest BCUT2D eigenvalue weighted by atomic mass is 32.2. The van der Waals surface area contributed by atoms with Crippen LogP contribution in [0.2, 0.25) is 0 Å². The van der Waals surface area contributed by atoms with Crippen molar-refractivity contribution in [2.75, 3.05) is 39.4 Å². The van der Waals surface area contributed by atoms with Crippen LogP contribution >= 0.6 is 0 Å². The van der Waals surface area contributed by atoms with Crippen LogP contribution in [0.15, 0.2) is 47.4 Å². The smallest absolute Gasteiger partial charge is 0.274 e. The van der Waals surface area contributed by atoms with Crippen LogP contribution in [0.1, 0.15) is 28.9 Å². The zero-order valence-electron chi connectivity index (χ0n) is 21.1. The Hall–Kier alpha value is -3.88. The van der Waals surface area contributed by atoms with Gasteiger partial charge in [-0.15, -0.1) is 0 Å². The van der Waals surface area contributed by atoms with Crippen molar-refractivity contribution in [1.82, 2.24) is 19.0 Å². The van der Waals surface area contributed by atoms with Crippen LogP contribution in [0.5, 0.6) is 11.6 Å². The molecule has 0 saturated carbocycles. The van der Waals surface area contributed by atoms with E-state index in [-0.39, 0.29) is 46.9 Å². The van der Waals surface area contributed by atoms with Crippen LogP contribution < -0.4 is 4.74 Å². The summed E-state index contributed by atoms with van der Waals surface area (Å²) < 4.78 is 55.1. The first-order valence-corrected chi connectivity index (χ1v) is 13.8. The Bertz CT molecular complexity index is 1530. The highest BCUT2D eigenvalue weighted by molar-refractivity contribution is 7.89. The summed E-state index contributed by atoms with van der Waals surface area (Å²) in [7, 11) is -4.14. The van der Waals surface area contributed by atoms with E-state index < -0.39 is 26.5 Å². The van der Waals surface area contributed by atoms with Crippen molar-refractivity contribution in [3.63, 3.8) is 0 Å². The van der Waals surface area contributed by atoms with Crippen molar-refractivity contribution in [3.8, 4) is 17.3 Å². The number of ether oxygens (including phenoxy) is 2. The molecule has 0 unspecified atom stereocenters. The largest absolute Gasteiger partial charge is 0.437 e. The second-order valence-corrected chi connectivity index (χ2v) is 11.1. The van der Waals surface area contributed by atoms with Crippen molar-refractivity contribution in [3.05, 3.63) is 69.7 Å². The molecule has 0 spiro atoms. The minimum atomic E-state index is -4.14. The Labute approximate surface area is 223 Å². The van der Waals surface area contributed by atoms with E-state index in [0.29, 0.717) is 44.7 Å². The Morgan fingerprint density at radius 3 is 2.49 bits per heavy atom. The number of carbonyl (C=O) groups is 1. The van der Waals surface area contributed by atoms with E-state index in [2.05, 4.69) is 5.10 Å². The standard InChI is InChI=1S/C25H26FN5O7S/c1-17-23(24(32)28-11-13-37-14-12-28)27-30(19-6-4-5-18(26)15-19)25(17)38-21-8-7-20(31(33)34)16-22(21)39(35,36)29-9-2-3-10-29/h4-8,15-16H,2-3,9-14H2,1H3. The summed E-state index contributed by atoms with van der Waals surface area (Å²) in [5.41, 5.74) is 0.152. The highest BCUT2D eigenvalue weighted by Gasteiger charge is 2.33. The van der Waals surface area contributed by atoms with Crippen LogP contribution in [0.3, 0.4) is 0 Å². The van der Waals surface area contributed by atoms with Gasteiger partial charge >= 0.3 is 0 Å². The third-order valence-corrected chi connectivity index (χ3v) is 8.57. The Morgan fingerprint density at radius 1 is 1.10 bits per heavy atom. The number of nitro benzene ring substituents is 1. The average molecular weight is 560 g/mol. The maximum atomic E-state index is 14.2. The number of hydrogen-bond acceptors (Lipinski definition) is 8. The summed E-state index contributed by atoms with van der Waals surface area (Å²) in [6.07, 6.45) is 1.34. The number of sulfonamides is 1. The number of morpholine rings is 1. The lowest BCUT2D eigenvalue weighted by atomic mass is 10.2. The molecule has 0 aliphatic carbocycles. The first-order chi connectivity index (χ1) is 18.7. The third kappa shape index (κ3) is 5.22. The van der Waals surface area contributed by atoms with Crippen LogP contribution in [0, 0.1) is 22.9 Å². The van der Waals surface area contributed by atoms with E-state index in [0.717, 1.165) is 12.1 Å². The summed E-state index contributed by atoms with van der Waals surface area (Å²) >= 11 is 0. The van der Waals surface area contributed by atoms with Crippen LogP contribution in [-0.4, -0.2) is 77.6 Å². The van der Waals surface area contributed by atoms with Crippen molar-refractivity contribution < 1.29 is 32.0 Å². The van der Waals surface area contributed by atoms with Gasteiger partial charge in [-0.1, -0.05) is 6.07 Å². The minimum absolute atomic E-state index is 0.0241. The molecule has 2 aromatic carbocycles. The van der Waals surface area contributed by atoms with Gasteiger partial charge in [0.1, 0.15) is 16.5 Å². The molecule has 3 heterocycles. The molecule has 2 saturated heterocycles. The Kier molecular flexibility index (Phi) is 7.34. The number of amides is 1. The Balaban J connectivity index is 1.64. The van der Waals surface area contributed by atoms with E-state index in [4.69, 9.17) is 9.47 Å². The number of hydrogen-bond donors (Lipinski definition) is 0. The van der Waals surface area contributed by atoms with Crippen LogP contribution in [-0.2, 0) is 14.8 Å². The summed E-state index contributed by atoms with van der Waals surface area (Å²) in [5.74, 6) is -1.15. The van der Waals surface area contributed by atoms with Crippen molar-refractivity contribution in [2.24, 2.45) is 0 Å². The fourth-order valence-corrected chi connectivity index (χ4v) is 6.22. The molecule has 12 nitrogen and oxygen atoms in total. The van der Waals surface area contributed by atoms with Gasteiger partial charge < -0.3 is 14.4 Å². The third-order valence-electron chi connectivity index (χ3n) is 6.65. The van der Waals surface area contributed by atoms with Gasteiger partial charge in [0.05, 0.1) is 23.8 Å². The van der Waals surface area contributed by atoms with Crippen LogP contribution in [0.4, 0.5) is 10.1 Å². The number of aromatic nitrogens is 2. The number of carbonyl (C=O) groups excluding carboxylic acids is 1. The second kappa shape index (κ2) is 10.7. The normalized spacial score (nSPS) is 16.4. The van der Waals surface area contributed by atoms with Gasteiger partial charge in [0.2, 0.25) is 15.9 Å². The van der Waals surface area contributed by atoms with Gasteiger partial charge in [0, 0.05) is 43.9 Å². The molecule has 2 aliphatic rings. The lowest BCUT2D eigenvalue weighted by Gasteiger charge is -2.26. The molecule has 0 atom stereocenters. The first-order valence-electron chi connectivity index (χ1n) is 12.4. The summed E-state index contributed by atoms with van der Waals surface area (Å²) in [6, 6.07) is 8.76. The maximum absolute atomic E-state index is 14.2. The maximum Gasteiger partial charge on any atom is 0.274 e. The van der Waals surface area contributed by atoms with E-state index in [1.807, 2.05) is 0 Å². The molecular weight excluding hydrogens is 533 g/mol. The molecule has 14 heteroatoms. The second-order valence-electron chi connectivity index (χ2n) is 9.18. The molecule has 5 rings (SSSR count). The Morgan fingerprint density at radius 2 is 1.82 bits per heavy atom. The van der Waals surface area contributed by atoms with Crippen molar-refractivity contribution in [2.45, 2.75) is 24.7 Å². The van der Waals surface area contributed by atoms with Gasteiger partial charge in [0.15, 0.2) is 5.69 Å². The van der Waals surface area contributed by atoms with E-state index >= 15 is 0 Å². The fourth-order valence-electron chi connectivity index (χ4n) is 4.57. The lowest BCUT2D eigenvalue weighted by Crippen LogP contribution is -2.41. The fraction of sp³-hybridized carbons (Fsp3) is 0.360. The zero-order valence-corrected chi connectivity index (χ0v) is 21.9. The quantitative estimate of drug-likeness (QED) is 0.318. The summed E-state index contributed by atoms with van der Waals surface area (Å²) in [4.78, 5) is 25.3. The molecule has 1 amide bonds. The molecule has 2 aliphatic heterocycles. The molecule has 0 radical (unpaired) electrons. The number of nitrogens with zero attached hydrogens (tertiary/aromatic N) is 5. The molecule has 2 fully saturated rings. The van der Waals surface area contributed by atoms with Gasteiger partial charge in [-0.3, -0.25) is 14.9 Å².